The van der Waals surface area contributed by atoms with Crippen LogP contribution in [0.2, 0.25) is 0 Å². The molecule has 2 heterocycles. The lowest BCUT2D eigenvalue weighted by molar-refractivity contribution is 0.102. The number of fused-ring (bicyclic) bond motifs is 1. The Bertz CT molecular complexity index is 442. The van der Waals surface area contributed by atoms with Crippen LogP contribution < -0.4 is 4.90 Å². The van der Waals surface area contributed by atoms with Gasteiger partial charge in [-0.25, -0.2) is 4.98 Å². The predicted octanol–water partition coefficient (Wildman–Crippen LogP) is 2.89. The van der Waals surface area contributed by atoms with Crippen molar-refractivity contribution in [2.45, 2.75) is 33.1 Å². The van der Waals surface area contributed by atoms with E-state index in [4.69, 9.17) is 0 Å². The normalized spacial score (nSPS) is 27.5. The summed E-state index contributed by atoms with van der Waals surface area (Å²) in [5, 5.41) is 1.06. The first-order chi connectivity index (χ1) is 8.15. The van der Waals surface area contributed by atoms with Gasteiger partial charge in [-0.2, -0.15) is 0 Å². The maximum absolute atomic E-state index is 11.4. The molecule has 0 aromatic carbocycles. The van der Waals surface area contributed by atoms with Crippen molar-refractivity contribution in [3.05, 3.63) is 10.6 Å². The number of aryl methyl sites for hydroxylation is 1. The zero-order chi connectivity index (χ0) is 12.0. The van der Waals surface area contributed by atoms with Crippen LogP contribution >= 0.6 is 11.3 Å². The number of carbonyl (C=O) groups excluding carboxylic acids is 1. The maximum Gasteiger partial charge on any atom is 0.186 e. The zero-order valence-corrected chi connectivity index (χ0v) is 11.2. The van der Waals surface area contributed by atoms with Gasteiger partial charge in [0.05, 0.1) is 10.6 Å². The monoisotopic (exact) mass is 250 g/mol. The van der Waals surface area contributed by atoms with Crippen LogP contribution in [0.4, 0.5) is 5.13 Å². The first-order valence-corrected chi connectivity index (χ1v) is 7.20. The lowest BCUT2D eigenvalue weighted by Crippen LogP contribution is -2.20. The molecule has 1 saturated heterocycles. The van der Waals surface area contributed by atoms with Crippen LogP contribution in [-0.4, -0.2) is 23.9 Å². The summed E-state index contributed by atoms with van der Waals surface area (Å²) in [7, 11) is 0. The smallest absolute Gasteiger partial charge is 0.186 e. The molecule has 0 amide bonds. The number of hydrogen-bond donors (Lipinski definition) is 0. The molecule has 1 aromatic heterocycles. The highest BCUT2D eigenvalue weighted by Crippen LogP contribution is 2.40. The molecule has 1 aliphatic heterocycles. The number of ketones is 1. The molecular weight excluding hydrogens is 232 g/mol. The number of nitrogens with zero attached hydrogens (tertiary/aromatic N) is 2. The summed E-state index contributed by atoms with van der Waals surface area (Å²) in [6.45, 7) is 5.86. The van der Waals surface area contributed by atoms with Gasteiger partial charge >= 0.3 is 0 Å². The highest BCUT2D eigenvalue weighted by atomic mass is 32.1. The minimum absolute atomic E-state index is 0.144. The lowest BCUT2D eigenvalue weighted by atomic mass is 10.0. The van der Waals surface area contributed by atoms with E-state index in [-0.39, 0.29) is 5.78 Å². The van der Waals surface area contributed by atoms with Crippen LogP contribution in [0.1, 0.15) is 41.6 Å². The summed E-state index contributed by atoms with van der Waals surface area (Å²) < 4.78 is 0. The molecule has 3 rings (SSSR count). The van der Waals surface area contributed by atoms with Gasteiger partial charge in [-0.15, -0.1) is 0 Å². The molecule has 1 saturated carbocycles. The lowest BCUT2D eigenvalue weighted by Gasteiger charge is -2.15. The molecule has 1 aromatic rings. The van der Waals surface area contributed by atoms with E-state index in [1.807, 2.05) is 6.92 Å². The molecule has 4 heteroatoms. The van der Waals surface area contributed by atoms with E-state index in [0.717, 1.165) is 40.6 Å². The topological polar surface area (TPSA) is 33.2 Å². The quantitative estimate of drug-likeness (QED) is 0.757. The van der Waals surface area contributed by atoms with Crippen molar-refractivity contribution in [2.24, 2.45) is 11.8 Å². The van der Waals surface area contributed by atoms with Gasteiger partial charge in [0, 0.05) is 20.0 Å². The molecule has 0 radical (unpaired) electrons. The van der Waals surface area contributed by atoms with Gasteiger partial charge in [0.15, 0.2) is 10.9 Å². The molecule has 2 aliphatic rings. The Kier molecular flexibility index (Phi) is 2.69. The van der Waals surface area contributed by atoms with E-state index < -0.39 is 0 Å². The molecule has 0 spiro atoms. The van der Waals surface area contributed by atoms with E-state index >= 15 is 0 Å². The minimum atomic E-state index is 0.144. The van der Waals surface area contributed by atoms with Gasteiger partial charge < -0.3 is 4.90 Å². The van der Waals surface area contributed by atoms with E-state index in [1.165, 1.54) is 19.3 Å². The Morgan fingerprint density at radius 2 is 2.00 bits per heavy atom. The third kappa shape index (κ3) is 1.88. The standard InChI is InChI=1S/C13H18N2OS/c1-8-12(9(2)16)17-13(14-8)15-6-10-4-3-5-11(10)7-15/h10-11H,3-7H2,1-2H3. The Hall–Kier alpha value is -0.900. The number of hydrogen-bond acceptors (Lipinski definition) is 4. The summed E-state index contributed by atoms with van der Waals surface area (Å²) in [6.07, 6.45) is 4.16. The molecule has 2 unspecified atom stereocenters. The van der Waals surface area contributed by atoms with Crippen LogP contribution in [0.15, 0.2) is 0 Å². The van der Waals surface area contributed by atoms with Crippen LogP contribution in [-0.2, 0) is 0 Å². The first kappa shape index (κ1) is 11.2. The first-order valence-electron chi connectivity index (χ1n) is 6.38. The van der Waals surface area contributed by atoms with Gasteiger partial charge in [-0.3, -0.25) is 4.79 Å². The van der Waals surface area contributed by atoms with Crippen molar-refractivity contribution in [2.75, 3.05) is 18.0 Å². The van der Waals surface area contributed by atoms with Gasteiger partial charge in [-0.05, 0) is 31.6 Å². The maximum atomic E-state index is 11.4. The number of rotatable bonds is 2. The van der Waals surface area contributed by atoms with E-state index in [0.29, 0.717) is 0 Å². The second-order valence-corrected chi connectivity index (χ2v) is 6.30. The van der Waals surface area contributed by atoms with E-state index in [2.05, 4.69) is 9.88 Å². The highest BCUT2D eigenvalue weighted by Gasteiger charge is 2.37. The molecule has 17 heavy (non-hydrogen) atoms. The van der Waals surface area contributed by atoms with Crippen LogP contribution in [0.5, 0.6) is 0 Å². The van der Waals surface area contributed by atoms with Crippen molar-refractivity contribution in [3.63, 3.8) is 0 Å². The second-order valence-electron chi connectivity index (χ2n) is 5.32. The van der Waals surface area contributed by atoms with Crippen LogP contribution in [0.25, 0.3) is 0 Å². The van der Waals surface area contributed by atoms with Crippen molar-refractivity contribution in [3.8, 4) is 0 Å². The zero-order valence-electron chi connectivity index (χ0n) is 10.4. The average molecular weight is 250 g/mol. The Morgan fingerprint density at radius 3 is 2.53 bits per heavy atom. The summed E-state index contributed by atoms with van der Waals surface area (Å²) >= 11 is 1.57. The molecule has 3 nitrogen and oxygen atoms in total. The summed E-state index contributed by atoms with van der Waals surface area (Å²) in [5.74, 6) is 1.89. The van der Waals surface area contributed by atoms with E-state index in [1.54, 1.807) is 18.3 Å². The van der Waals surface area contributed by atoms with E-state index in [9.17, 15) is 4.79 Å². The molecule has 1 aliphatic carbocycles. The minimum Gasteiger partial charge on any atom is -0.347 e. The van der Waals surface area contributed by atoms with Crippen molar-refractivity contribution in [1.82, 2.24) is 4.98 Å². The summed E-state index contributed by atoms with van der Waals surface area (Å²) in [6, 6.07) is 0. The van der Waals surface area contributed by atoms with Gasteiger partial charge in [0.2, 0.25) is 0 Å². The van der Waals surface area contributed by atoms with Gasteiger partial charge in [0.25, 0.3) is 0 Å². The van der Waals surface area contributed by atoms with Crippen molar-refractivity contribution >= 4 is 22.3 Å². The fraction of sp³-hybridized carbons (Fsp3) is 0.692. The third-order valence-electron chi connectivity index (χ3n) is 4.10. The Balaban J connectivity index is 1.81. The Morgan fingerprint density at radius 1 is 1.35 bits per heavy atom. The largest absolute Gasteiger partial charge is 0.347 e. The SMILES string of the molecule is CC(=O)c1sc(N2CC3CCCC3C2)nc1C. The van der Waals surface area contributed by atoms with Gasteiger partial charge in [-0.1, -0.05) is 17.8 Å². The fourth-order valence-corrected chi connectivity index (χ4v) is 4.22. The van der Waals surface area contributed by atoms with Gasteiger partial charge in [0.1, 0.15) is 0 Å². The van der Waals surface area contributed by atoms with Crippen LogP contribution in [0, 0.1) is 18.8 Å². The molecule has 92 valence electrons. The molecule has 0 bridgehead atoms. The van der Waals surface area contributed by atoms with Crippen molar-refractivity contribution < 1.29 is 4.79 Å². The number of carbonyl (C=O) groups is 1. The second kappa shape index (κ2) is 4.09. The molecule has 2 atom stereocenters. The number of thiazole rings is 1. The highest BCUT2D eigenvalue weighted by molar-refractivity contribution is 7.17. The number of anilines is 1. The molecular formula is C13H18N2OS. The third-order valence-corrected chi connectivity index (χ3v) is 5.42. The van der Waals surface area contributed by atoms with Crippen molar-refractivity contribution in [1.29, 1.82) is 0 Å². The number of aromatic nitrogens is 1. The summed E-state index contributed by atoms with van der Waals surface area (Å²) in [4.78, 5) is 19.2. The molecule has 2 fully saturated rings. The predicted molar refractivity (Wildman–Crippen MR) is 69.9 cm³/mol. The number of Topliss-reactive ketones (excluding diaryl/α,β-unsaturated/α-hetero) is 1. The average Bonchev–Trinajstić information content (AvgIpc) is 2.88. The molecule has 0 N–H and O–H groups in total. The summed E-state index contributed by atoms with van der Waals surface area (Å²) in [5.41, 5.74) is 0.898. The van der Waals surface area contributed by atoms with Crippen LogP contribution in [0.3, 0.4) is 0 Å². The fourth-order valence-electron chi connectivity index (χ4n) is 3.24. The Labute approximate surface area is 106 Å².